The molecule has 0 unspecified atom stereocenters. The topological polar surface area (TPSA) is 58.9 Å². The quantitative estimate of drug-likeness (QED) is 0.277. The van der Waals surface area contributed by atoms with E-state index in [1.165, 1.54) is 6.07 Å². The summed E-state index contributed by atoms with van der Waals surface area (Å²) in [6.45, 7) is 3.93. The summed E-state index contributed by atoms with van der Waals surface area (Å²) in [5.41, 5.74) is 1.46. The first kappa shape index (κ1) is 24.4. The number of aliphatic hydroxyl groups is 1. The molecular weight excluding hydrogens is 468 g/mol. The van der Waals surface area contributed by atoms with Gasteiger partial charge in [0.15, 0.2) is 5.60 Å². The van der Waals surface area contributed by atoms with E-state index in [1.54, 1.807) is 12.1 Å². The Kier molecular flexibility index (Phi) is 6.36. The Labute approximate surface area is 214 Å². The van der Waals surface area contributed by atoms with Crippen molar-refractivity contribution in [3.8, 4) is 11.3 Å². The molecule has 2 aromatic carbocycles. The molecule has 0 fully saturated rings. The average Bonchev–Trinajstić information content (AvgIpc) is 2.94. The molecule has 3 aromatic heterocycles. The Morgan fingerprint density at radius 2 is 1.11 bits per heavy atom. The number of hydrogen-bond donors (Lipinski definition) is 1. The zero-order valence-electron chi connectivity index (χ0n) is 20.4. The van der Waals surface area contributed by atoms with Crippen LogP contribution in [-0.4, -0.2) is 20.1 Å². The van der Waals surface area contributed by atoms with E-state index in [9.17, 15) is 13.9 Å². The van der Waals surface area contributed by atoms with Gasteiger partial charge in [0, 0.05) is 5.41 Å². The van der Waals surface area contributed by atoms with Crippen LogP contribution in [-0.2, 0) is 11.0 Å². The predicted molar refractivity (Wildman–Crippen MR) is 139 cm³/mol. The van der Waals surface area contributed by atoms with Gasteiger partial charge >= 0.3 is 0 Å². The van der Waals surface area contributed by atoms with Gasteiger partial charge in [0.2, 0.25) is 11.9 Å². The summed E-state index contributed by atoms with van der Waals surface area (Å²) >= 11 is 0. The van der Waals surface area contributed by atoms with Crippen molar-refractivity contribution >= 4 is 0 Å². The van der Waals surface area contributed by atoms with Gasteiger partial charge in [-0.25, -0.2) is 0 Å². The predicted octanol–water partition coefficient (Wildman–Crippen LogP) is 6.43. The monoisotopic (exact) mass is 493 g/mol. The van der Waals surface area contributed by atoms with Gasteiger partial charge in [-0.1, -0.05) is 72.8 Å². The lowest BCUT2D eigenvalue weighted by Crippen LogP contribution is -2.32. The number of aromatic nitrogens is 3. The van der Waals surface area contributed by atoms with Crippen LogP contribution in [0.1, 0.15) is 42.1 Å². The van der Waals surface area contributed by atoms with Crippen LogP contribution < -0.4 is 0 Å². The lowest BCUT2D eigenvalue weighted by Gasteiger charge is -2.31. The lowest BCUT2D eigenvalue weighted by atomic mass is 9.81. The minimum Gasteiger partial charge on any atom is -0.374 e. The highest BCUT2D eigenvalue weighted by molar-refractivity contribution is 5.59. The van der Waals surface area contributed by atoms with Gasteiger partial charge in [-0.2, -0.15) is 13.8 Å². The van der Waals surface area contributed by atoms with Crippen LogP contribution in [0.4, 0.5) is 8.78 Å². The van der Waals surface area contributed by atoms with Crippen molar-refractivity contribution in [2.75, 3.05) is 0 Å². The molecule has 6 heteroatoms. The Morgan fingerprint density at radius 1 is 0.568 bits per heavy atom. The molecule has 1 N–H and O–H groups in total. The van der Waals surface area contributed by atoms with E-state index in [1.807, 2.05) is 98.8 Å². The third-order valence-electron chi connectivity index (χ3n) is 6.62. The maximum atomic E-state index is 14.4. The van der Waals surface area contributed by atoms with Crippen molar-refractivity contribution in [3.05, 3.63) is 149 Å². The SMILES string of the molecule is CC(C)(c1cccc(-c2ccc(F)nc2F)n1)c1cccc(C(O)(c2ccccc2)c2ccccc2)n1. The summed E-state index contributed by atoms with van der Waals surface area (Å²) in [5.74, 6) is -1.80. The van der Waals surface area contributed by atoms with E-state index in [0.717, 1.165) is 6.07 Å². The largest absolute Gasteiger partial charge is 0.374 e. The minimum atomic E-state index is -1.48. The summed E-state index contributed by atoms with van der Waals surface area (Å²) in [7, 11) is 0. The summed E-state index contributed by atoms with van der Waals surface area (Å²) < 4.78 is 27.7. The number of pyridine rings is 3. The number of nitrogens with zero attached hydrogens (tertiary/aromatic N) is 3. The molecule has 0 spiro atoms. The van der Waals surface area contributed by atoms with Gasteiger partial charge in [-0.3, -0.25) is 9.97 Å². The molecule has 0 saturated carbocycles. The number of hydrogen-bond acceptors (Lipinski definition) is 4. The van der Waals surface area contributed by atoms with E-state index in [0.29, 0.717) is 33.9 Å². The lowest BCUT2D eigenvalue weighted by molar-refractivity contribution is 0.120. The van der Waals surface area contributed by atoms with Gasteiger partial charge in [0.25, 0.3) is 0 Å². The molecule has 5 rings (SSSR count). The molecule has 0 bridgehead atoms. The highest BCUT2D eigenvalue weighted by Crippen LogP contribution is 2.37. The van der Waals surface area contributed by atoms with Gasteiger partial charge in [-0.15, -0.1) is 0 Å². The Balaban J connectivity index is 1.61. The molecule has 0 aliphatic rings. The second-order valence-corrected chi connectivity index (χ2v) is 9.36. The maximum Gasteiger partial charge on any atom is 0.224 e. The second-order valence-electron chi connectivity index (χ2n) is 9.36. The molecular formula is C31H25F2N3O. The van der Waals surface area contributed by atoms with E-state index >= 15 is 0 Å². The van der Waals surface area contributed by atoms with Gasteiger partial charge in [-0.05, 0) is 61.4 Å². The normalized spacial score (nSPS) is 11.9. The van der Waals surface area contributed by atoms with Gasteiger partial charge in [0.1, 0.15) is 0 Å². The van der Waals surface area contributed by atoms with E-state index in [4.69, 9.17) is 4.98 Å². The van der Waals surface area contributed by atoms with E-state index < -0.39 is 22.9 Å². The molecule has 37 heavy (non-hydrogen) atoms. The van der Waals surface area contributed by atoms with Crippen molar-refractivity contribution in [1.29, 1.82) is 0 Å². The third-order valence-corrected chi connectivity index (χ3v) is 6.62. The van der Waals surface area contributed by atoms with Crippen LogP contribution in [0.15, 0.2) is 109 Å². The molecule has 0 atom stereocenters. The zero-order valence-corrected chi connectivity index (χ0v) is 20.4. The van der Waals surface area contributed by atoms with Crippen molar-refractivity contribution in [3.63, 3.8) is 0 Å². The first-order valence-electron chi connectivity index (χ1n) is 11.9. The van der Waals surface area contributed by atoms with Crippen molar-refractivity contribution < 1.29 is 13.9 Å². The summed E-state index contributed by atoms with van der Waals surface area (Å²) in [6, 6.07) is 32.1. The standard InChI is InChI=1S/C31H25F2N3O/c1-30(2,25-16-9-15-24(34-25)23-19-20-28(32)36-29(23)33)26-17-10-18-27(35-26)31(37,21-11-5-3-6-12-21)22-13-7-4-8-14-22/h3-20,37H,1-2H3. The van der Waals surface area contributed by atoms with Crippen LogP contribution in [0.2, 0.25) is 0 Å². The van der Waals surface area contributed by atoms with Gasteiger partial charge < -0.3 is 5.11 Å². The molecule has 3 heterocycles. The van der Waals surface area contributed by atoms with Crippen LogP contribution in [0.3, 0.4) is 0 Å². The van der Waals surface area contributed by atoms with Crippen LogP contribution in [0.25, 0.3) is 11.3 Å². The van der Waals surface area contributed by atoms with Crippen LogP contribution in [0.5, 0.6) is 0 Å². The first-order valence-corrected chi connectivity index (χ1v) is 11.9. The number of rotatable bonds is 6. The highest BCUT2D eigenvalue weighted by atomic mass is 19.1. The third kappa shape index (κ3) is 4.52. The summed E-state index contributed by atoms with van der Waals surface area (Å²) in [4.78, 5) is 12.9. The minimum absolute atomic E-state index is 0.114. The zero-order chi connectivity index (χ0) is 26.0. The van der Waals surface area contributed by atoms with Crippen LogP contribution in [0, 0.1) is 11.9 Å². The molecule has 5 aromatic rings. The molecule has 4 nitrogen and oxygen atoms in total. The highest BCUT2D eigenvalue weighted by Gasteiger charge is 2.37. The molecule has 0 aliphatic carbocycles. The summed E-state index contributed by atoms with van der Waals surface area (Å²) in [6.07, 6.45) is 0. The number of benzene rings is 2. The van der Waals surface area contributed by atoms with Crippen molar-refractivity contribution in [1.82, 2.24) is 15.0 Å². The molecule has 0 radical (unpaired) electrons. The summed E-state index contributed by atoms with van der Waals surface area (Å²) in [5, 5.41) is 12.2. The fourth-order valence-electron chi connectivity index (χ4n) is 4.47. The fraction of sp³-hybridized carbons (Fsp3) is 0.129. The Hall–Kier alpha value is -4.29. The molecule has 0 amide bonds. The molecule has 184 valence electrons. The van der Waals surface area contributed by atoms with Crippen LogP contribution >= 0.6 is 0 Å². The fourth-order valence-corrected chi connectivity index (χ4v) is 4.47. The van der Waals surface area contributed by atoms with Crippen molar-refractivity contribution in [2.45, 2.75) is 24.9 Å². The van der Waals surface area contributed by atoms with E-state index in [2.05, 4.69) is 9.97 Å². The first-order chi connectivity index (χ1) is 17.8. The van der Waals surface area contributed by atoms with E-state index in [-0.39, 0.29) is 5.56 Å². The maximum absolute atomic E-state index is 14.4. The molecule has 0 saturated heterocycles. The second kappa shape index (κ2) is 9.64. The van der Waals surface area contributed by atoms with Gasteiger partial charge in [0.05, 0.1) is 28.3 Å². The number of halogens is 2. The average molecular weight is 494 g/mol. The smallest absolute Gasteiger partial charge is 0.224 e. The molecule has 0 aliphatic heterocycles. The Morgan fingerprint density at radius 3 is 1.70 bits per heavy atom. The van der Waals surface area contributed by atoms with Crippen molar-refractivity contribution in [2.24, 2.45) is 0 Å². The Bertz CT molecular complexity index is 1500.